The molecule has 9 heteroatoms. The van der Waals surface area contributed by atoms with Gasteiger partial charge in [0.25, 0.3) is 0 Å². The first-order valence-corrected chi connectivity index (χ1v) is 14.9. The van der Waals surface area contributed by atoms with E-state index in [1.54, 1.807) is 12.1 Å². The molecule has 0 spiro atoms. The molecule has 0 fully saturated rings. The Kier molecular flexibility index (Phi) is 10.1. The Morgan fingerprint density at radius 2 is 1.49 bits per heavy atom. The molecule has 1 N–H and O–H groups in total. The van der Waals surface area contributed by atoms with Crippen molar-refractivity contribution in [3.8, 4) is 0 Å². The van der Waals surface area contributed by atoms with Crippen LogP contribution in [0.1, 0.15) is 37.5 Å². The lowest BCUT2D eigenvalue weighted by molar-refractivity contribution is -0.141. The maximum atomic E-state index is 13.9. The molecule has 0 saturated carbocycles. The van der Waals surface area contributed by atoms with Crippen LogP contribution in [0.4, 0.5) is 0 Å². The summed E-state index contributed by atoms with van der Waals surface area (Å²) >= 11 is 3.43. The molecule has 208 valence electrons. The predicted molar refractivity (Wildman–Crippen MR) is 158 cm³/mol. The number of carbonyl (C=O) groups is 2. The molecule has 3 rings (SSSR count). The molecule has 0 bridgehead atoms. The molecule has 0 aliphatic heterocycles. The summed E-state index contributed by atoms with van der Waals surface area (Å²) in [6, 6.07) is 22.6. The molecule has 2 amide bonds. The van der Waals surface area contributed by atoms with E-state index in [-0.39, 0.29) is 23.8 Å². The van der Waals surface area contributed by atoms with Gasteiger partial charge >= 0.3 is 0 Å². The van der Waals surface area contributed by atoms with Crippen LogP contribution in [0.15, 0.2) is 88.2 Å². The van der Waals surface area contributed by atoms with Gasteiger partial charge in [0.2, 0.25) is 21.8 Å². The Bertz CT molecular complexity index is 1370. The van der Waals surface area contributed by atoms with Crippen molar-refractivity contribution < 1.29 is 18.0 Å². The predicted octanol–water partition coefficient (Wildman–Crippen LogP) is 4.93. The van der Waals surface area contributed by atoms with Crippen LogP contribution >= 0.6 is 15.9 Å². The number of nitrogens with one attached hydrogen (secondary N) is 1. The van der Waals surface area contributed by atoms with Gasteiger partial charge in [-0.2, -0.15) is 4.31 Å². The fraction of sp³-hybridized carbons (Fsp3) is 0.333. The zero-order valence-corrected chi connectivity index (χ0v) is 25.4. The Labute approximate surface area is 240 Å². The van der Waals surface area contributed by atoms with Crippen molar-refractivity contribution in [2.45, 2.75) is 57.1 Å². The van der Waals surface area contributed by atoms with E-state index in [2.05, 4.69) is 21.2 Å². The minimum absolute atomic E-state index is 0.106. The van der Waals surface area contributed by atoms with Crippen molar-refractivity contribution in [3.05, 3.63) is 100 Å². The molecule has 0 saturated heterocycles. The summed E-state index contributed by atoms with van der Waals surface area (Å²) in [6.45, 7) is 7.24. The number of nitrogens with zero attached hydrogens (tertiary/aromatic N) is 2. The number of hydrogen-bond acceptors (Lipinski definition) is 4. The van der Waals surface area contributed by atoms with Crippen molar-refractivity contribution in [1.29, 1.82) is 0 Å². The SMILES string of the molecule is Cc1ccc(S(=O)(=O)N(C)CC(=O)N(Cc2ccc(Br)cc2)[C@@H](Cc2ccccc2)C(=O)NC(C)(C)C)cc1. The lowest BCUT2D eigenvalue weighted by Gasteiger charge is -2.34. The first-order valence-electron chi connectivity index (χ1n) is 12.7. The second kappa shape index (κ2) is 12.9. The van der Waals surface area contributed by atoms with Crippen LogP contribution in [0, 0.1) is 6.92 Å². The highest BCUT2D eigenvalue weighted by atomic mass is 79.9. The van der Waals surface area contributed by atoms with E-state index in [4.69, 9.17) is 0 Å². The molecule has 0 heterocycles. The van der Waals surface area contributed by atoms with Gasteiger partial charge in [-0.15, -0.1) is 0 Å². The molecule has 0 aromatic heterocycles. The molecule has 0 aliphatic carbocycles. The van der Waals surface area contributed by atoms with E-state index >= 15 is 0 Å². The van der Waals surface area contributed by atoms with Crippen LogP contribution in [-0.2, 0) is 32.6 Å². The number of likely N-dealkylation sites (N-methyl/N-ethyl adjacent to an activating group) is 1. The Morgan fingerprint density at radius 1 is 0.897 bits per heavy atom. The lowest BCUT2D eigenvalue weighted by Crippen LogP contribution is -2.56. The van der Waals surface area contributed by atoms with Crippen LogP contribution in [0.3, 0.4) is 0 Å². The zero-order chi connectivity index (χ0) is 28.8. The van der Waals surface area contributed by atoms with Crippen LogP contribution < -0.4 is 5.32 Å². The fourth-order valence-electron chi connectivity index (χ4n) is 4.05. The molecule has 0 unspecified atom stereocenters. The van der Waals surface area contributed by atoms with E-state index in [1.807, 2.05) is 82.3 Å². The second-order valence-electron chi connectivity index (χ2n) is 10.7. The van der Waals surface area contributed by atoms with Gasteiger partial charge in [-0.05, 0) is 63.1 Å². The smallest absolute Gasteiger partial charge is 0.243 e. The highest BCUT2D eigenvalue weighted by Gasteiger charge is 2.34. The molecular formula is C30H36BrN3O4S. The van der Waals surface area contributed by atoms with E-state index in [0.29, 0.717) is 0 Å². The van der Waals surface area contributed by atoms with Crippen molar-refractivity contribution in [2.24, 2.45) is 0 Å². The monoisotopic (exact) mass is 613 g/mol. The van der Waals surface area contributed by atoms with Crippen molar-refractivity contribution >= 4 is 37.8 Å². The third-order valence-electron chi connectivity index (χ3n) is 6.12. The minimum Gasteiger partial charge on any atom is -0.350 e. The summed E-state index contributed by atoms with van der Waals surface area (Å²) in [5, 5.41) is 3.01. The average Bonchev–Trinajstić information content (AvgIpc) is 2.87. The topological polar surface area (TPSA) is 86.8 Å². The molecular weight excluding hydrogens is 578 g/mol. The minimum atomic E-state index is -3.92. The van der Waals surface area contributed by atoms with E-state index < -0.39 is 34.1 Å². The maximum Gasteiger partial charge on any atom is 0.243 e. The Morgan fingerprint density at radius 3 is 2.05 bits per heavy atom. The van der Waals surface area contributed by atoms with Crippen LogP contribution in [-0.4, -0.2) is 54.6 Å². The lowest BCUT2D eigenvalue weighted by atomic mass is 10.0. The third-order valence-corrected chi connectivity index (χ3v) is 8.47. The Hall–Kier alpha value is -3.01. The maximum absolute atomic E-state index is 13.9. The average molecular weight is 615 g/mol. The van der Waals surface area contributed by atoms with Crippen molar-refractivity contribution in [1.82, 2.24) is 14.5 Å². The van der Waals surface area contributed by atoms with Crippen LogP contribution in [0.5, 0.6) is 0 Å². The molecule has 39 heavy (non-hydrogen) atoms. The highest BCUT2D eigenvalue weighted by Crippen LogP contribution is 2.20. The highest BCUT2D eigenvalue weighted by molar-refractivity contribution is 9.10. The standard InChI is InChI=1S/C30H36BrN3O4S/c1-22-11-17-26(18-12-22)39(37,38)33(5)21-28(35)34(20-24-13-15-25(31)16-14-24)27(29(36)32-30(2,3)4)19-23-9-7-6-8-10-23/h6-18,27H,19-21H2,1-5H3,(H,32,36)/t27-/m0/s1. The van der Waals surface area contributed by atoms with E-state index in [9.17, 15) is 18.0 Å². The van der Waals surface area contributed by atoms with E-state index in [1.165, 1.54) is 24.1 Å². The van der Waals surface area contributed by atoms with Crippen LogP contribution in [0.2, 0.25) is 0 Å². The summed E-state index contributed by atoms with van der Waals surface area (Å²) in [4.78, 5) is 29.1. The fourth-order valence-corrected chi connectivity index (χ4v) is 5.43. The second-order valence-corrected chi connectivity index (χ2v) is 13.6. The first-order chi connectivity index (χ1) is 18.3. The first kappa shape index (κ1) is 30.5. The number of amides is 2. The van der Waals surface area contributed by atoms with E-state index in [0.717, 1.165) is 25.5 Å². The van der Waals surface area contributed by atoms with Gasteiger partial charge in [-0.25, -0.2) is 8.42 Å². The summed E-state index contributed by atoms with van der Waals surface area (Å²) < 4.78 is 28.4. The zero-order valence-electron chi connectivity index (χ0n) is 23.0. The largest absolute Gasteiger partial charge is 0.350 e. The van der Waals surface area contributed by atoms with Gasteiger partial charge in [0.05, 0.1) is 11.4 Å². The number of aryl methyl sites for hydroxylation is 1. The number of halogens is 1. The number of carbonyl (C=O) groups excluding carboxylic acids is 2. The van der Waals surface area contributed by atoms with Gasteiger partial charge in [-0.1, -0.05) is 76.1 Å². The molecule has 1 atom stereocenters. The molecule has 7 nitrogen and oxygen atoms in total. The third kappa shape index (κ3) is 8.74. The number of hydrogen-bond donors (Lipinski definition) is 1. The summed E-state index contributed by atoms with van der Waals surface area (Å²) in [6.07, 6.45) is 0.277. The summed E-state index contributed by atoms with van der Waals surface area (Å²) in [7, 11) is -2.54. The molecule has 3 aromatic rings. The van der Waals surface area contributed by atoms with Gasteiger partial charge in [0.15, 0.2) is 0 Å². The number of benzene rings is 3. The van der Waals surface area contributed by atoms with Crippen molar-refractivity contribution in [2.75, 3.05) is 13.6 Å². The number of sulfonamides is 1. The van der Waals surface area contributed by atoms with Gasteiger partial charge in [-0.3, -0.25) is 9.59 Å². The normalized spacial score (nSPS) is 12.7. The summed E-state index contributed by atoms with van der Waals surface area (Å²) in [5.74, 6) is -0.776. The summed E-state index contributed by atoms with van der Waals surface area (Å²) in [5.41, 5.74) is 2.11. The molecule has 0 aliphatic rings. The Balaban J connectivity index is 1.98. The van der Waals surface area contributed by atoms with Gasteiger partial charge in [0, 0.05) is 30.0 Å². The van der Waals surface area contributed by atoms with Crippen molar-refractivity contribution in [3.63, 3.8) is 0 Å². The molecule has 0 radical (unpaired) electrons. The van der Waals surface area contributed by atoms with Crippen LogP contribution in [0.25, 0.3) is 0 Å². The van der Waals surface area contributed by atoms with Gasteiger partial charge < -0.3 is 10.2 Å². The van der Waals surface area contributed by atoms with Gasteiger partial charge in [0.1, 0.15) is 6.04 Å². The number of rotatable bonds is 10. The quantitative estimate of drug-likeness (QED) is 0.351. The molecule has 3 aromatic carbocycles.